The van der Waals surface area contributed by atoms with E-state index >= 15 is 0 Å². The minimum atomic E-state index is -0.291. The fraction of sp³-hybridized carbons (Fsp3) is 0.143. The second-order valence-corrected chi connectivity index (χ2v) is 4.31. The number of benzene rings is 2. The number of halogens is 2. The summed E-state index contributed by atoms with van der Waals surface area (Å²) in [5.74, 6) is 0.359. The summed E-state index contributed by atoms with van der Waals surface area (Å²) in [5.41, 5.74) is 6.89. The van der Waals surface area contributed by atoms with E-state index in [0.29, 0.717) is 22.9 Å². The van der Waals surface area contributed by atoms with Gasteiger partial charge in [-0.3, -0.25) is 0 Å². The zero-order chi connectivity index (χ0) is 13.0. The van der Waals surface area contributed by atoms with Gasteiger partial charge in [0, 0.05) is 17.1 Å². The van der Waals surface area contributed by atoms with Crippen LogP contribution in [0, 0.1) is 5.82 Å². The first-order valence-corrected chi connectivity index (χ1v) is 5.92. The predicted octanol–water partition coefficient (Wildman–Crippen LogP) is 3.52. The molecule has 0 heterocycles. The molecule has 0 saturated carbocycles. The van der Waals surface area contributed by atoms with Gasteiger partial charge in [-0.25, -0.2) is 4.39 Å². The van der Waals surface area contributed by atoms with Crippen molar-refractivity contribution in [2.45, 2.75) is 13.2 Å². The average Bonchev–Trinajstić information content (AvgIpc) is 2.40. The van der Waals surface area contributed by atoms with Crippen LogP contribution in [0.4, 0.5) is 4.39 Å². The van der Waals surface area contributed by atoms with Gasteiger partial charge in [0.15, 0.2) is 0 Å². The Morgan fingerprint density at radius 1 is 1.11 bits per heavy atom. The Morgan fingerprint density at radius 3 is 2.50 bits per heavy atom. The van der Waals surface area contributed by atoms with E-state index in [2.05, 4.69) is 0 Å². The normalized spacial score (nSPS) is 10.4. The summed E-state index contributed by atoms with van der Waals surface area (Å²) in [5, 5.41) is 0.638. The van der Waals surface area contributed by atoms with Gasteiger partial charge in [-0.05, 0) is 42.0 Å². The molecule has 2 aromatic rings. The Kier molecular flexibility index (Phi) is 4.18. The molecule has 4 heteroatoms. The van der Waals surface area contributed by atoms with E-state index in [1.807, 2.05) is 0 Å². The summed E-state index contributed by atoms with van der Waals surface area (Å²) >= 11 is 5.76. The molecule has 18 heavy (non-hydrogen) atoms. The standard InChI is InChI=1S/C14H13ClFNO/c15-12-2-4-13(5-3-12)18-9-11-7-10(8-17)1-6-14(11)16/h1-7H,8-9,17H2. The van der Waals surface area contributed by atoms with Gasteiger partial charge in [-0.2, -0.15) is 0 Å². The Hall–Kier alpha value is -1.58. The molecule has 94 valence electrons. The quantitative estimate of drug-likeness (QED) is 0.918. The van der Waals surface area contributed by atoms with E-state index < -0.39 is 0 Å². The lowest BCUT2D eigenvalue weighted by atomic mass is 10.1. The molecule has 0 aliphatic heterocycles. The highest BCUT2D eigenvalue weighted by Crippen LogP contribution is 2.18. The van der Waals surface area contributed by atoms with Gasteiger partial charge >= 0.3 is 0 Å². The summed E-state index contributed by atoms with van der Waals surface area (Å²) in [6.07, 6.45) is 0. The van der Waals surface area contributed by atoms with Crippen LogP contribution in [0.5, 0.6) is 5.75 Å². The van der Waals surface area contributed by atoms with E-state index in [-0.39, 0.29) is 12.4 Å². The van der Waals surface area contributed by atoms with E-state index in [9.17, 15) is 4.39 Å². The maximum atomic E-state index is 13.5. The number of rotatable bonds is 4. The minimum absolute atomic E-state index is 0.168. The highest BCUT2D eigenvalue weighted by molar-refractivity contribution is 6.30. The van der Waals surface area contributed by atoms with Crippen molar-refractivity contribution in [2.75, 3.05) is 0 Å². The Labute approximate surface area is 110 Å². The van der Waals surface area contributed by atoms with Crippen LogP contribution in [0.2, 0.25) is 5.02 Å². The molecule has 0 bridgehead atoms. The molecular formula is C14H13ClFNO. The molecule has 2 aromatic carbocycles. The molecule has 0 fully saturated rings. The van der Waals surface area contributed by atoms with Crippen molar-refractivity contribution < 1.29 is 9.13 Å². The summed E-state index contributed by atoms with van der Waals surface area (Å²) in [6, 6.07) is 11.7. The van der Waals surface area contributed by atoms with Gasteiger partial charge in [0.1, 0.15) is 18.2 Å². The van der Waals surface area contributed by atoms with Crippen LogP contribution in [-0.4, -0.2) is 0 Å². The SMILES string of the molecule is NCc1ccc(F)c(COc2ccc(Cl)cc2)c1. The van der Waals surface area contributed by atoms with Gasteiger partial charge in [-0.15, -0.1) is 0 Å². The summed E-state index contributed by atoms with van der Waals surface area (Å²) in [7, 11) is 0. The Balaban J connectivity index is 2.07. The van der Waals surface area contributed by atoms with Gasteiger partial charge in [0.25, 0.3) is 0 Å². The van der Waals surface area contributed by atoms with Crippen molar-refractivity contribution in [2.24, 2.45) is 5.73 Å². The highest BCUT2D eigenvalue weighted by Gasteiger charge is 2.04. The Bertz CT molecular complexity index is 528. The topological polar surface area (TPSA) is 35.2 Å². The minimum Gasteiger partial charge on any atom is -0.489 e. The lowest BCUT2D eigenvalue weighted by Crippen LogP contribution is -2.02. The average molecular weight is 266 g/mol. The molecule has 0 aliphatic rings. The van der Waals surface area contributed by atoms with Crippen LogP contribution in [0.15, 0.2) is 42.5 Å². The third-order valence-corrected chi connectivity index (χ3v) is 2.81. The summed E-state index contributed by atoms with van der Waals surface area (Å²) in [4.78, 5) is 0. The van der Waals surface area contributed by atoms with E-state index in [0.717, 1.165) is 5.56 Å². The third-order valence-electron chi connectivity index (χ3n) is 2.55. The molecule has 2 N–H and O–H groups in total. The lowest BCUT2D eigenvalue weighted by molar-refractivity contribution is 0.299. The third kappa shape index (κ3) is 3.22. The van der Waals surface area contributed by atoms with E-state index in [1.54, 1.807) is 36.4 Å². The second kappa shape index (κ2) is 5.85. The van der Waals surface area contributed by atoms with Gasteiger partial charge in [0.2, 0.25) is 0 Å². The highest BCUT2D eigenvalue weighted by atomic mass is 35.5. The van der Waals surface area contributed by atoms with Crippen LogP contribution in [0.1, 0.15) is 11.1 Å². The van der Waals surface area contributed by atoms with Crippen LogP contribution < -0.4 is 10.5 Å². The van der Waals surface area contributed by atoms with Crippen molar-refractivity contribution in [1.82, 2.24) is 0 Å². The molecule has 0 atom stereocenters. The number of hydrogen-bond donors (Lipinski definition) is 1. The molecule has 0 unspecified atom stereocenters. The van der Waals surface area contributed by atoms with Gasteiger partial charge in [-0.1, -0.05) is 17.7 Å². The maximum absolute atomic E-state index is 13.5. The van der Waals surface area contributed by atoms with Crippen molar-refractivity contribution in [3.05, 3.63) is 64.4 Å². The fourth-order valence-corrected chi connectivity index (χ4v) is 1.68. The molecule has 0 amide bonds. The first-order valence-electron chi connectivity index (χ1n) is 5.55. The zero-order valence-electron chi connectivity index (χ0n) is 9.70. The van der Waals surface area contributed by atoms with Crippen molar-refractivity contribution in [1.29, 1.82) is 0 Å². The molecule has 0 aromatic heterocycles. The van der Waals surface area contributed by atoms with Gasteiger partial charge in [0.05, 0.1) is 0 Å². The van der Waals surface area contributed by atoms with Crippen LogP contribution >= 0.6 is 11.6 Å². The summed E-state index contributed by atoms with van der Waals surface area (Å²) in [6.45, 7) is 0.551. The molecular weight excluding hydrogens is 253 g/mol. The first kappa shape index (κ1) is 12.9. The second-order valence-electron chi connectivity index (χ2n) is 3.87. The first-order chi connectivity index (χ1) is 8.69. The smallest absolute Gasteiger partial charge is 0.129 e. The molecule has 0 aliphatic carbocycles. The fourth-order valence-electron chi connectivity index (χ4n) is 1.56. The van der Waals surface area contributed by atoms with Crippen LogP contribution in [0.25, 0.3) is 0 Å². The monoisotopic (exact) mass is 265 g/mol. The van der Waals surface area contributed by atoms with Crippen LogP contribution in [0.3, 0.4) is 0 Å². The maximum Gasteiger partial charge on any atom is 0.129 e. The molecule has 0 saturated heterocycles. The molecule has 2 nitrogen and oxygen atoms in total. The van der Waals surface area contributed by atoms with E-state index in [4.69, 9.17) is 22.1 Å². The van der Waals surface area contributed by atoms with Crippen molar-refractivity contribution in [3.8, 4) is 5.75 Å². The predicted molar refractivity (Wildman–Crippen MR) is 70.1 cm³/mol. The zero-order valence-corrected chi connectivity index (χ0v) is 10.5. The Morgan fingerprint density at radius 2 is 1.83 bits per heavy atom. The number of hydrogen-bond acceptors (Lipinski definition) is 2. The lowest BCUT2D eigenvalue weighted by Gasteiger charge is -2.08. The molecule has 0 spiro atoms. The van der Waals surface area contributed by atoms with Crippen molar-refractivity contribution in [3.63, 3.8) is 0 Å². The summed E-state index contributed by atoms with van der Waals surface area (Å²) < 4.78 is 19.0. The van der Waals surface area contributed by atoms with Crippen LogP contribution in [-0.2, 0) is 13.2 Å². The van der Waals surface area contributed by atoms with Gasteiger partial charge < -0.3 is 10.5 Å². The molecule has 2 rings (SSSR count). The van der Waals surface area contributed by atoms with E-state index in [1.165, 1.54) is 6.07 Å². The number of ether oxygens (including phenoxy) is 1. The molecule has 0 radical (unpaired) electrons. The largest absolute Gasteiger partial charge is 0.489 e. The number of nitrogens with two attached hydrogens (primary N) is 1. The van der Waals surface area contributed by atoms with Crippen molar-refractivity contribution >= 4 is 11.6 Å².